The first-order valence-corrected chi connectivity index (χ1v) is 5.45. The van der Waals surface area contributed by atoms with Crippen LogP contribution in [0.5, 0.6) is 0 Å². The van der Waals surface area contributed by atoms with Crippen LogP contribution in [0.15, 0.2) is 30.3 Å². The number of hydrogen-bond acceptors (Lipinski definition) is 1. The van der Waals surface area contributed by atoms with Crippen molar-refractivity contribution in [1.29, 1.82) is 0 Å². The molecular weight excluding hydrogens is 188 g/mol. The van der Waals surface area contributed by atoms with Crippen LogP contribution in [0.25, 0.3) is 0 Å². The highest BCUT2D eigenvalue weighted by molar-refractivity contribution is 7.99. The van der Waals surface area contributed by atoms with Crippen molar-refractivity contribution in [2.75, 3.05) is 11.5 Å². The molecule has 66 valence electrons. The Kier molecular flexibility index (Phi) is 4.43. The zero-order valence-electron chi connectivity index (χ0n) is 6.64. The summed E-state index contributed by atoms with van der Waals surface area (Å²) in [5.74, 6) is 1.70. The molecule has 0 saturated heterocycles. The van der Waals surface area contributed by atoms with Gasteiger partial charge in [-0.1, -0.05) is 30.3 Å². The summed E-state index contributed by atoms with van der Waals surface area (Å²) in [6.45, 7) is 0. The summed E-state index contributed by atoms with van der Waals surface area (Å²) in [6, 6.07) is 9.58. The molecule has 3 heteroatoms. The Labute approximate surface area is 81.8 Å². The fraction of sp³-hybridized carbons (Fsp3) is 0.222. The SMILES string of the molecule is OC(=[SH]CCS)c1ccccc1. The van der Waals surface area contributed by atoms with Crippen molar-refractivity contribution in [1.82, 2.24) is 0 Å². The molecule has 0 heterocycles. The summed E-state index contributed by atoms with van der Waals surface area (Å²) in [4.78, 5) is 0. The van der Waals surface area contributed by atoms with Crippen molar-refractivity contribution < 1.29 is 5.11 Å². The van der Waals surface area contributed by atoms with Crippen molar-refractivity contribution in [3.8, 4) is 0 Å². The van der Waals surface area contributed by atoms with Gasteiger partial charge in [-0.3, -0.25) is 0 Å². The highest BCUT2D eigenvalue weighted by Crippen LogP contribution is 2.03. The molecule has 12 heavy (non-hydrogen) atoms. The van der Waals surface area contributed by atoms with Gasteiger partial charge in [0.25, 0.3) is 0 Å². The van der Waals surface area contributed by atoms with Crippen LogP contribution in [0.4, 0.5) is 0 Å². The van der Waals surface area contributed by atoms with E-state index in [1.807, 2.05) is 30.3 Å². The van der Waals surface area contributed by atoms with E-state index >= 15 is 0 Å². The molecule has 0 amide bonds. The quantitative estimate of drug-likeness (QED) is 0.504. The topological polar surface area (TPSA) is 20.2 Å². The number of hydrogen-bond donors (Lipinski definition) is 3. The zero-order valence-corrected chi connectivity index (χ0v) is 8.43. The number of aliphatic hydroxyl groups excluding tert-OH is 1. The third-order valence-corrected chi connectivity index (χ3v) is 2.97. The fourth-order valence-corrected chi connectivity index (χ4v) is 1.78. The summed E-state index contributed by atoms with van der Waals surface area (Å²) in [5.41, 5.74) is 0.904. The first-order chi connectivity index (χ1) is 5.84. The summed E-state index contributed by atoms with van der Waals surface area (Å²) in [5, 5.41) is 9.96. The second kappa shape index (κ2) is 5.41. The van der Waals surface area contributed by atoms with Gasteiger partial charge >= 0.3 is 0 Å². The van der Waals surface area contributed by atoms with E-state index in [1.165, 1.54) is 0 Å². The number of aliphatic hydroxyl groups is 1. The molecule has 0 aromatic heterocycles. The van der Waals surface area contributed by atoms with Crippen molar-refractivity contribution in [2.24, 2.45) is 0 Å². The van der Waals surface area contributed by atoms with Gasteiger partial charge in [-0.25, -0.2) is 0 Å². The first kappa shape index (κ1) is 9.84. The van der Waals surface area contributed by atoms with Crippen LogP contribution in [0.2, 0.25) is 0 Å². The number of benzene rings is 1. The van der Waals surface area contributed by atoms with Crippen LogP contribution in [0.3, 0.4) is 0 Å². The van der Waals surface area contributed by atoms with Gasteiger partial charge in [0.1, 0.15) is 5.05 Å². The van der Waals surface area contributed by atoms with Crippen molar-refractivity contribution in [3.05, 3.63) is 35.9 Å². The van der Waals surface area contributed by atoms with E-state index in [0.717, 1.165) is 28.4 Å². The van der Waals surface area contributed by atoms with Gasteiger partial charge in [-0.2, -0.15) is 24.0 Å². The van der Waals surface area contributed by atoms with E-state index in [1.54, 1.807) is 0 Å². The van der Waals surface area contributed by atoms with Crippen molar-refractivity contribution in [3.63, 3.8) is 0 Å². The molecule has 0 spiro atoms. The monoisotopic (exact) mass is 200 g/mol. The highest BCUT2D eigenvalue weighted by Gasteiger charge is 1.93. The molecule has 0 aliphatic carbocycles. The Morgan fingerprint density at radius 1 is 1.33 bits per heavy atom. The molecule has 0 saturated carbocycles. The maximum atomic E-state index is 9.52. The summed E-state index contributed by atoms with van der Waals surface area (Å²) >= 11 is 5.03. The smallest absolute Gasteiger partial charge is 0.100 e. The second-order valence-corrected chi connectivity index (χ2v) is 3.93. The minimum Gasteiger partial charge on any atom is -0.355 e. The van der Waals surface area contributed by atoms with Crippen LogP contribution in [0, 0.1) is 0 Å². The standard InChI is InChI=1S/C9H12OS2/c10-9(12-7-6-11)8-4-2-1-3-5-8/h1-5,10-12H,6-7H2. The summed E-state index contributed by atoms with van der Waals surface area (Å²) < 4.78 is 0. The highest BCUT2D eigenvalue weighted by atomic mass is 32.1. The molecule has 1 aromatic carbocycles. The van der Waals surface area contributed by atoms with E-state index in [0.29, 0.717) is 5.05 Å². The molecule has 0 fully saturated rings. The van der Waals surface area contributed by atoms with Crippen LogP contribution in [-0.4, -0.2) is 21.7 Å². The number of thiol groups is 2. The van der Waals surface area contributed by atoms with Crippen molar-refractivity contribution >= 4 is 29.0 Å². The Hall–Kier alpha value is -0.250. The normalized spacial score (nSPS) is 12.3. The van der Waals surface area contributed by atoms with E-state index < -0.39 is 0 Å². The maximum absolute atomic E-state index is 9.52. The van der Waals surface area contributed by atoms with Gasteiger partial charge in [0.15, 0.2) is 0 Å². The average Bonchev–Trinajstić information content (AvgIpc) is 2.15. The van der Waals surface area contributed by atoms with Crippen molar-refractivity contribution in [2.45, 2.75) is 0 Å². The summed E-state index contributed by atoms with van der Waals surface area (Å²) in [7, 11) is 0. The van der Waals surface area contributed by atoms with Gasteiger partial charge in [-0.15, -0.1) is 0 Å². The predicted octanol–water partition coefficient (Wildman–Crippen LogP) is 2.12. The molecule has 0 atom stereocenters. The maximum Gasteiger partial charge on any atom is 0.100 e. The molecule has 0 bridgehead atoms. The predicted molar refractivity (Wildman–Crippen MR) is 60.9 cm³/mol. The Balaban J connectivity index is 2.71. The molecule has 0 radical (unpaired) electrons. The molecule has 0 aliphatic heterocycles. The molecule has 1 rings (SSSR count). The lowest BCUT2D eigenvalue weighted by Gasteiger charge is -1.98. The Morgan fingerprint density at radius 2 is 2.00 bits per heavy atom. The Morgan fingerprint density at radius 3 is 2.58 bits per heavy atom. The van der Waals surface area contributed by atoms with Crippen LogP contribution < -0.4 is 0 Å². The lowest BCUT2D eigenvalue weighted by molar-refractivity contribution is 0.570. The van der Waals surface area contributed by atoms with E-state index in [2.05, 4.69) is 12.6 Å². The van der Waals surface area contributed by atoms with Crippen LogP contribution >= 0.6 is 24.0 Å². The minimum absolute atomic E-state index is 0.435. The lowest BCUT2D eigenvalue weighted by atomic mass is 10.2. The van der Waals surface area contributed by atoms with Crippen LogP contribution in [-0.2, 0) is 0 Å². The summed E-state index contributed by atoms with van der Waals surface area (Å²) in [6.07, 6.45) is 0. The van der Waals surface area contributed by atoms with Gasteiger partial charge in [0.2, 0.25) is 0 Å². The van der Waals surface area contributed by atoms with Gasteiger partial charge in [0, 0.05) is 5.56 Å². The van der Waals surface area contributed by atoms with Gasteiger partial charge in [0.05, 0.1) is 0 Å². The van der Waals surface area contributed by atoms with Gasteiger partial charge < -0.3 is 5.11 Å². The fourth-order valence-electron chi connectivity index (χ4n) is 0.834. The first-order valence-electron chi connectivity index (χ1n) is 3.74. The average molecular weight is 200 g/mol. The largest absolute Gasteiger partial charge is 0.355 e. The molecular formula is C9H12OS2. The van der Waals surface area contributed by atoms with Gasteiger partial charge in [-0.05, 0) is 11.5 Å². The van der Waals surface area contributed by atoms with Crippen LogP contribution in [0.1, 0.15) is 5.56 Å². The molecule has 0 aliphatic rings. The molecule has 1 N–H and O–H groups in total. The zero-order chi connectivity index (χ0) is 8.81. The molecule has 0 unspecified atom stereocenters. The lowest BCUT2D eigenvalue weighted by Crippen LogP contribution is -1.96. The molecule has 1 nitrogen and oxygen atoms in total. The molecule has 1 aromatic rings. The van der Waals surface area contributed by atoms with E-state index in [-0.39, 0.29) is 0 Å². The Bertz CT molecular complexity index is 256. The number of rotatable bonds is 3. The van der Waals surface area contributed by atoms with E-state index in [4.69, 9.17) is 0 Å². The second-order valence-electron chi connectivity index (χ2n) is 2.29. The van der Waals surface area contributed by atoms with E-state index in [9.17, 15) is 5.11 Å². The minimum atomic E-state index is 0.435. The third kappa shape index (κ3) is 3.01. The third-order valence-electron chi connectivity index (χ3n) is 1.39.